The predicted octanol–water partition coefficient (Wildman–Crippen LogP) is 4.32. The van der Waals surface area contributed by atoms with Gasteiger partial charge in [-0.05, 0) is 47.4 Å². The van der Waals surface area contributed by atoms with Crippen molar-refractivity contribution in [1.82, 2.24) is 4.98 Å². The molecule has 28 heavy (non-hydrogen) atoms. The molecule has 0 aliphatic heterocycles. The normalized spacial score (nSPS) is 15.1. The van der Waals surface area contributed by atoms with Crippen LogP contribution in [0.15, 0.2) is 67.0 Å². The first kappa shape index (κ1) is 17.8. The fourth-order valence-corrected chi connectivity index (χ4v) is 3.55. The number of hydrogen-bond acceptors (Lipinski definition) is 1. The van der Waals surface area contributed by atoms with Gasteiger partial charge >= 0.3 is 0 Å². The Bertz CT molecular complexity index is 1190. The van der Waals surface area contributed by atoms with Gasteiger partial charge in [-0.25, -0.2) is 4.98 Å². The maximum absolute atomic E-state index is 5.35. The number of terminal acetylenes is 1. The molecule has 0 saturated heterocycles. The van der Waals surface area contributed by atoms with Gasteiger partial charge in [-0.2, -0.15) is 4.57 Å². The fourth-order valence-electron chi connectivity index (χ4n) is 3.55. The minimum absolute atomic E-state index is 0.547. The van der Waals surface area contributed by atoms with Crippen molar-refractivity contribution in [2.75, 3.05) is 0 Å². The summed E-state index contributed by atoms with van der Waals surface area (Å²) in [5, 5.41) is 2.22. The summed E-state index contributed by atoms with van der Waals surface area (Å²) in [7, 11) is 0. The predicted molar refractivity (Wildman–Crippen MR) is 114 cm³/mol. The van der Waals surface area contributed by atoms with Crippen LogP contribution in [0.5, 0.6) is 0 Å². The molecule has 2 aromatic heterocycles. The maximum Gasteiger partial charge on any atom is 0.265 e. The lowest BCUT2D eigenvalue weighted by atomic mass is 9.90. The minimum Gasteiger partial charge on any atom is -0.247 e. The summed E-state index contributed by atoms with van der Waals surface area (Å²) in [5.74, 6) is 9.82. The van der Waals surface area contributed by atoms with Crippen molar-refractivity contribution in [2.24, 2.45) is 5.92 Å². The quantitative estimate of drug-likeness (QED) is 0.491. The van der Waals surface area contributed by atoms with Crippen molar-refractivity contribution >= 4 is 16.8 Å². The van der Waals surface area contributed by atoms with Crippen LogP contribution in [0.2, 0.25) is 0 Å². The summed E-state index contributed by atoms with van der Waals surface area (Å²) in [6, 6.07) is 12.4. The van der Waals surface area contributed by atoms with E-state index in [2.05, 4.69) is 70.8 Å². The molecule has 4 rings (SSSR count). The molecule has 1 unspecified atom stereocenters. The molecule has 0 fully saturated rings. The van der Waals surface area contributed by atoms with E-state index in [1.54, 1.807) is 6.08 Å². The molecule has 134 valence electrons. The number of aromatic nitrogens is 2. The summed E-state index contributed by atoms with van der Waals surface area (Å²) in [4.78, 5) is 4.51. The van der Waals surface area contributed by atoms with Crippen molar-refractivity contribution < 1.29 is 4.57 Å². The average molecular weight is 361 g/mol. The third-order valence-electron chi connectivity index (χ3n) is 4.97. The molecule has 1 aliphatic carbocycles. The summed E-state index contributed by atoms with van der Waals surface area (Å²) >= 11 is 0. The molecule has 1 aliphatic rings. The van der Waals surface area contributed by atoms with E-state index < -0.39 is 0 Å². The molecule has 2 heteroatoms. The molecule has 0 amide bonds. The molecular weight excluding hydrogens is 340 g/mol. The number of rotatable bonds is 2. The Balaban J connectivity index is 1.84. The van der Waals surface area contributed by atoms with Crippen LogP contribution in [0.4, 0.5) is 0 Å². The first-order valence-corrected chi connectivity index (χ1v) is 9.46. The third-order valence-corrected chi connectivity index (χ3v) is 4.97. The average Bonchev–Trinajstić information content (AvgIpc) is 2.72. The van der Waals surface area contributed by atoms with Crippen LogP contribution in [0.3, 0.4) is 0 Å². The zero-order valence-corrected chi connectivity index (χ0v) is 15.9. The second-order valence-electron chi connectivity index (χ2n) is 7.00. The number of benzene rings is 1. The van der Waals surface area contributed by atoms with Crippen molar-refractivity contribution in [3.8, 4) is 24.2 Å². The van der Waals surface area contributed by atoms with Crippen LogP contribution in [0, 0.1) is 30.1 Å². The van der Waals surface area contributed by atoms with Crippen LogP contribution >= 0.6 is 0 Å². The summed E-state index contributed by atoms with van der Waals surface area (Å²) < 4.78 is 2.14. The highest BCUT2D eigenvalue weighted by atomic mass is 14.9. The summed E-state index contributed by atoms with van der Waals surface area (Å²) in [6.45, 7) is 2.93. The van der Waals surface area contributed by atoms with Gasteiger partial charge in [-0.15, -0.1) is 6.42 Å². The lowest BCUT2D eigenvalue weighted by Crippen LogP contribution is -2.38. The lowest BCUT2D eigenvalue weighted by Gasteiger charge is -2.15. The van der Waals surface area contributed by atoms with Crippen molar-refractivity contribution in [2.45, 2.75) is 19.9 Å². The van der Waals surface area contributed by atoms with Gasteiger partial charge < -0.3 is 0 Å². The molecule has 3 aromatic rings. The summed E-state index contributed by atoms with van der Waals surface area (Å²) in [5.41, 5.74) is 4.33. The number of allylic oxidation sites excluding steroid dienone is 3. The van der Waals surface area contributed by atoms with E-state index in [4.69, 9.17) is 6.42 Å². The summed E-state index contributed by atoms with van der Waals surface area (Å²) in [6.07, 6.45) is 18.5. The number of nitrogens with zero attached hydrogens (tertiary/aromatic N) is 2. The van der Waals surface area contributed by atoms with E-state index in [1.807, 2.05) is 30.5 Å². The highest BCUT2D eigenvalue weighted by Gasteiger charge is 2.20. The van der Waals surface area contributed by atoms with Gasteiger partial charge in [0, 0.05) is 23.6 Å². The van der Waals surface area contributed by atoms with Gasteiger partial charge in [0.1, 0.15) is 5.69 Å². The zero-order chi connectivity index (χ0) is 19.3. The van der Waals surface area contributed by atoms with Crippen LogP contribution in [0.25, 0.3) is 16.8 Å². The monoisotopic (exact) mass is 361 g/mol. The van der Waals surface area contributed by atoms with Crippen molar-refractivity contribution in [3.63, 3.8) is 0 Å². The van der Waals surface area contributed by atoms with E-state index in [1.165, 1.54) is 11.1 Å². The Morgan fingerprint density at radius 3 is 3.00 bits per heavy atom. The smallest absolute Gasteiger partial charge is 0.247 e. The Morgan fingerprint density at radius 1 is 1.21 bits per heavy atom. The number of hydrogen-bond donors (Lipinski definition) is 0. The fraction of sp³-hybridized carbons (Fsp3) is 0.154. The molecule has 2 heterocycles. The largest absolute Gasteiger partial charge is 0.265 e. The van der Waals surface area contributed by atoms with Gasteiger partial charge in [0.15, 0.2) is 12.7 Å². The lowest BCUT2D eigenvalue weighted by molar-refractivity contribution is -0.689. The molecule has 1 aromatic carbocycles. The van der Waals surface area contributed by atoms with E-state index in [0.29, 0.717) is 12.5 Å². The molecule has 0 radical (unpaired) electrons. The van der Waals surface area contributed by atoms with Gasteiger partial charge in [0.2, 0.25) is 0 Å². The highest BCUT2D eigenvalue weighted by Crippen LogP contribution is 2.24. The Kier molecular flexibility index (Phi) is 5.05. The minimum atomic E-state index is 0.547. The first-order chi connectivity index (χ1) is 13.8. The van der Waals surface area contributed by atoms with Gasteiger partial charge in [0.25, 0.3) is 5.69 Å². The Labute approximate surface area is 166 Å². The van der Waals surface area contributed by atoms with Crippen LogP contribution in [-0.2, 0) is 13.0 Å². The Morgan fingerprint density at radius 2 is 2.11 bits per heavy atom. The third kappa shape index (κ3) is 3.59. The molecular formula is C26H21N2+. The van der Waals surface area contributed by atoms with Crippen LogP contribution in [-0.4, -0.2) is 4.98 Å². The van der Waals surface area contributed by atoms with Crippen molar-refractivity contribution in [1.29, 1.82) is 0 Å². The maximum atomic E-state index is 5.35. The molecule has 1 atom stereocenters. The van der Waals surface area contributed by atoms with E-state index in [-0.39, 0.29) is 0 Å². The van der Waals surface area contributed by atoms with Crippen LogP contribution < -0.4 is 4.57 Å². The SMILES string of the molecule is C#C/C=C/C[n+]1ccc2c(c1C#Cc1nccc3ccccc13)C=CC(C)C2. The molecule has 0 saturated carbocycles. The second kappa shape index (κ2) is 7.95. The van der Waals surface area contributed by atoms with Gasteiger partial charge in [-0.3, -0.25) is 0 Å². The molecule has 0 spiro atoms. The number of fused-ring (bicyclic) bond motifs is 2. The number of pyridine rings is 2. The van der Waals surface area contributed by atoms with Crippen molar-refractivity contribution in [3.05, 3.63) is 89.5 Å². The molecule has 0 bridgehead atoms. The molecule has 0 N–H and O–H groups in total. The standard InChI is InChI=1S/C26H21N2/c1-3-4-7-17-28-18-15-22-19-20(2)10-11-24(22)26(28)13-12-25-23-9-6-5-8-21(23)14-16-27-25/h1,4-11,14-16,18,20H,17,19H2,2H3/q+1/b7-4+. The topological polar surface area (TPSA) is 16.8 Å². The van der Waals surface area contributed by atoms with E-state index >= 15 is 0 Å². The van der Waals surface area contributed by atoms with Gasteiger partial charge in [0.05, 0.1) is 5.56 Å². The second-order valence-corrected chi connectivity index (χ2v) is 7.00. The molecule has 2 nitrogen and oxygen atoms in total. The zero-order valence-electron chi connectivity index (χ0n) is 15.9. The highest BCUT2D eigenvalue weighted by molar-refractivity contribution is 5.86. The van der Waals surface area contributed by atoms with Crippen LogP contribution in [0.1, 0.15) is 29.4 Å². The van der Waals surface area contributed by atoms with E-state index in [0.717, 1.165) is 28.6 Å². The first-order valence-electron chi connectivity index (χ1n) is 9.46. The van der Waals surface area contributed by atoms with E-state index in [9.17, 15) is 0 Å². The Hall–Kier alpha value is -3.62. The van der Waals surface area contributed by atoms with Gasteiger partial charge in [-0.1, -0.05) is 49.3 Å².